The molecule has 3 aliphatic rings. The first-order valence-corrected chi connectivity index (χ1v) is 15.3. The third-order valence-electron chi connectivity index (χ3n) is 9.46. The van der Waals surface area contributed by atoms with E-state index < -0.39 is 29.9 Å². The van der Waals surface area contributed by atoms with Gasteiger partial charge in [-0.2, -0.15) is 26.3 Å². The number of carbonyl (C=O) groups excluding carboxylic acids is 1. The molecule has 2 aromatic carbocycles. The lowest BCUT2D eigenvalue weighted by Crippen LogP contribution is -2.56. The van der Waals surface area contributed by atoms with Gasteiger partial charge in [0.25, 0.3) is 0 Å². The molecular weight excluding hydrogens is 634 g/mol. The van der Waals surface area contributed by atoms with E-state index in [-0.39, 0.29) is 17.5 Å². The summed E-state index contributed by atoms with van der Waals surface area (Å²) >= 11 is 0. The SMILES string of the molecule is COc1ccc(C23CCC(NC(=O)Nc4ccc(C(F)(F)F)cc4)CC2N(C2CCN(C)CC2)CC3)cc1OC.O=C(O)C(F)(F)F. The fraction of sp³-hybridized carbons (Fsp3) is 0.562. The van der Waals surface area contributed by atoms with E-state index in [0.29, 0.717) is 17.5 Å². The van der Waals surface area contributed by atoms with Crippen LogP contribution in [0.25, 0.3) is 0 Å². The Labute approximate surface area is 269 Å². The minimum atomic E-state index is -5.08. The van der Waals surface area contributed by atoms with E-state index in [4.69, 9.17) is 19.4 Å². The Morgan fingerprint density at radius 3 is 2.06 bits per heavy atom. The molecular formula is C32H40F6N4O5. The molecule has 2 aromatic rings. The Kier molecular flexibility index (Phi) is 11.2. The molecule has 5 rings (SSSR count). The van der Waals surface area contributed by atoms with Crippen LogP contribution < -0.4 is 20.1 Å². The van der Waals surface area contributed by atoms with Gasteiger partial charge >= 0.3 is 24.4 Å². The summed E-state index contributed by atoms with van der Waals surface area (Å²) in [5.74, 6) is -1.32. The van der Waals surface area contributed by atoms with Crippen LogP contribution in [0.5, 0.6) is 11.5 Å². The fourth-order valence-electron chi connectivity index (χ4n) is 7.06. The van der Waals surface area contributed by atoms with E-state index in [1.54, 1.807) is 14.2 Å². The highest BCUT2D eigenvalue weighted by Gasteiger charge is 2.53. The normalized spacial score (nSPS) is 24.0. The van der Waals surface area contributed by atoms with Gasteiger partial charge in [0.05, 0.1) is 19.8 Å². The van der Waals surface area contributed by atoms with Crippen LogP contribution in [-0.2, 0) is 16.4 Å². The Morgan fingerprint density at radius 2 is 1.51 bits per heavy atom. The molecule has 0 spiro atoms. The summed E-state index contributed by atoms with van der Waals surface area (Å²) in [5.41, 5.74) is 0.783. The average Bonchev–Trinajstić information content (AvgIpc) is 3.40. The van der Waals surface area contributed by atoms with Crippen LogP contribution in [0.15, 0.2) is 42.5 Å². The van der Waals surface area contributed by atoms with Gasteiger partial charge in [-0.3, -0.25) is 4.90 Å². The number of urea groups is 1. The number of halogens is 6. The number of hydrogen-bond acceptors (Lipinski definition) is 6. The number of nitrogens with zero attached hydrogens (tertiary/aromatic N) is 2. The van der Waals surface area contributed by atoms with Crippen molar-refractivity contribution >= 4 is 17.7 Å². The first-order chi connectivity index (χ1) is 22.1. The van der Waals surface area contributed by atoms with Gasteiger partial charge < -0.3 is 30.1 Å². The number of carboxylic acid groups (broad SMARTS) is 1. The molecule has 3 unspecified atom stereocenters. The first-order valence-electron chi connectivity index (χ1n) is 15.3. The van der Waals surface area contributed by atoms with Gasteiger partial charge in [0.15, 0.2) is 11.5 Å². The summed E-state index contributed by atoms with van der Waals surface area (Å²) in [5, 5.41) is 12.9. The molecule has 2 amide bonds. The van der Waals surface area contributed by atoms with Crippen LogP contribution in [0.2, 0.25) is 0 Å². The summed E-state index contributed by atoms with van der Waals surface area (Å²) in [6.45, 7) is 3.17. The number of nitrogens with one attached hydrogen (secondary N) is 2. The highest BCUT2D eigenvalue weighted by Crippen LogP contribution is 2.51. The lowest BCUT2D eigenvalue weighted by atomic mass is 9.65. The van der Waals surface area contributed by atoms with E-state index >= 15 is 0 Å². The van der Waals surface area contributed by atoms with Crippen molar-refractivity contribution in [3.63, 3.8) is 0 Å². The summed E-state index contributed by atoms with van der Waals surface area (Å²) < 4.78 is 81.6. The largest absolute Gasteiger partial charge is 0.493 e. The van der Waals surface area contributed by atoms with E-state index in [0.717, 1.165) is 76.0 Å². The second kappa shape index (κ2) is 14.6. The third kappa shape index (κ3) is 8.61. The predicted molar refractivity (Wildman–Crippen MR) is 162 cm³/mol. The van der Waals surface area contributed by atoms with Crippen molar-refractivity contribution in [2.75, 3.05) is 46.2 Å². The van der Waals surface area contributed by atoms with Gasteiger partial charge in [0.1, 0.15) is 0 Å². The molecule has 0 bridgehead atoms. The zero-order valence-corrected chi connectivity index (χ0v) is 26.4. The van der Waals surface area contributed by atoms with Gasteiger partial charge in [-0.25, -0.2) is 9.59 Å². The fourth-order valence-corrected chi connectivity index (χ4v) is 7.06. The summed E-state index contributed by atoms with van der Waals surface area (Å²) in [7, 11) is 5.47. The van der Waals surface area contributed by atoms with Crippen molar-refractivity contribution in [3.05, 3.63) is 53.6 Å². The monoisotopic (exact) mass is 674 g/mol. The van der Waals surface area contributed by atoms with Gasteiger partial charge in [-0.15, -0.1) is 0 Å². The standard InChI is InChI=1S/C30H39F3N4O3.C2HF3O2/c1-36-15-11-24(12-16-36)37-17-14-29(21-6-9-25(39-2)26(18-21)40-3)13-10-23(19-27(29)37)35-28(38)34-22-7-4-20(5-8-22)30(31,32)33;3-2(4,5)1(6)7/h4-9,18,23-24,27H,10-17,19H2,1-3H3,(H2,34,35,38);(H,6,7). The van der Waals surface area contributed by atoms with Gasteiger partial charge in [0.2, 0.25) is 0 Å². The topological polar surface area (TPSA) is 103 Å². The maximum Gasteiger partial charge on any atom is 0.490 e. The van der Waals surface area contributed by atoms with Crippen LogP contribution >= 0.6 is 0 Å². The predicted octanol–water partition coefficient (Wildman–Crippen LogP) is 6.14. The summed E-state index contributed by atoms with van der Waals surface area (Å²) in [6.07, 6.45) is -3.66. The zero-order valence-electron chi connectivity index (χ0n) is 26.4. The van der Waals surface area contributed by atoms with Gasteiger partial charge in [-0.05, 0) is 107 Å². The first kappa shape index (κ1) is 36.1. The molecule has 9 nitrogen and oxygen atoms in total. The van der Waals surface area contributed by atoms with Crippen molar-refractivity contribution in [1.82, 2.24) is 15.1 Å². The zero-order chi connectivity index (χ0) is 34.6. The molecule has 1 saturated carbocycles. The number of likely N-dealkylation sites (tertiary alicyclic amines) is 2. The van der Waals surface area contributed by atoms with Crippen molar-refractivity contribution in [1.29, 1.82) is 0 Å². The van der Waals surface area contributed by atoms with E-state index in [2.05, 4.69) is 39.6 Å². The number of carbonyl (C=O) groups is 2. The average molecular weight is 675 g/mol. The molecule has 3 fully saturated rings. The number of amides is 2. The number of carboxylic acids is 1. The van der Waals surface area contributed by atoms with Crippen molar-refractivity contribution in [3.8, 4) is 11.5 Å². The van der Waals surface area contributed by atoms with Crippen molar-refractivity contribution in [2.24, 2.45) is 0 Å². The molecule has 15 heteroatoms. The second-order valence-corrected chi connectivity index (χ2v) is 12.2. The van der Waals surface area contributed by atoms with Crippen LogP contribution in [0, 0.1) is 0 Å². The summed E-state index contributed by atoms with van der Waals surface area (Å²) in [4.78, 5) is 26.8. The number of ether oxygens (including phenoxy) is 2. The van der Waals surface area contributed by atoms with Crippen LogP contribution in [0.4, 0.5) is 36.8 Å². The van der Waals surface area contributed by atoms with E-state index in [1.807, 2.05) is 6.07 Å². The number of methoxy groups -OCH3 is 2. The van der Waals surface area contributed by atoms with Gasteiger partial charge in [-0.1, -0.05) is 6.07 Å². The number of alkyl halides is 6. The smallest absolute Gasteiger partial charge is 0.490 e. The highest BCUT2D eigenvalue weighted by atomic mass is 19.4. The molecule has 47 heavy (non-hydrogen) atoms. The lowest BCUT2D eigenvalue weighted by Gasteiger charge is -2.48. The molecule has 2 aliphatic heterocycles. The molecule has 0 radical (unpaired) electrons. The third-order valence-corrected chi connectivity index (χ3v) is 9.46. The molecule has 3 N–H and O–H groups in total. The van der Waals surface area contributed by atoms with Crippen molar-refractivity contribution in [2.45, 2.75) is 74.4 Å². The van der Waals surface area contributed by atoms with Crippen molar-refractivity contribution < 1.29 is 50.5 Å². The number of benzene rings is 2. The number of anilines is 1. The minimum absolute atomic E-state index is 0.0421. The Balaban J connectivity index is 0.000000644. The molecule has 3 atom stereocenters. The Bertz CT molecular complexity index is 1380. The molecule has 260 valence electrons. The molecule has 2 heterocycles. The van der Waals surface area contributed by atoms with Crippen LogP contribution in [-0.4, -0.2) is 92.1 Å². The quantitative estimate of drug-likeness (QED) is 0.317. The molecule has 0 aromatic heterocycles. The number of rotatable bonds is 6. The number of piperidine rings is 1. The maximum atomic E-state index is 12.9. The molecule has 1 aliphatic carbocycles. The highest BCUT2D eigenvalue weighted by molar-refractivity contribution is 5.89. The summed E-state index contributed by atoms with van der Waals surface area (Å²) in [6, 6.07) is 11.1. The number of aliphatic carboxylic acids is 1. The number of hydrogen-bond donors (Lipinski definition) is 3. The van der Waals surface area contributed by atoms with E-state index in [9.17, 15) is 31.1 Å². The Morgan fingerprint density at radius 1 is 0.894 bits per heavy atom. The maximum absolute atomic E-state index is 12.9. The van der Waals surface area contributed by atoms with Crippen LogP contribution in [0.1, 0.15) is 49.7 Å². The Hall–Kier alpha value is -3.72. The van der Waals surface area contributed by atoms with Gasteiger partial charge in [0, 0.05) is 29.2 Å². The van der Waals surface area contributed by atoms with Crippen LogP contribution in [0.3, 0.4) is 0 Å². The minimum Gasteiger partial charge on any atom is -0.493 e. The number of fused-ring (bicyclic) bond motifs is 1. The second-order valence-electron chi connectivity index (χ2n) is 12.2. The molecule has 2 saturated heterocycles. The van der Waals surface area contributed by atoms with E-state index in [1.165, 1.54) is 17.7 Å². The lowest BCUT2D eigenvalue weighted by molar-refractivity contribution is -0.192.